The van der Waals surface area contributed by atoms with Gasteiger partial charge in [-0.3, -0.25) is 14.4 Å². The van der Waals surface area contributed by atoms with Gasteiger partial charge >= 0.3 is 5.97 Å². The van der Waals surface area contributed by atoms with E-state index < -0.39 is 66.7 Å². The summed E-state index contributed by atoms with van der Waals surface area (Å²) in [5, 5.41) is 44.0. The summed E-state index contributed by atoms with van der Waals surface area (Å²) < 4.78 is 0. The lowest BCUT2D eigenvalue weighted by molar-refractivity contribution is -0.145. The molecular formula is C17H33N5O8. The third-order valence-electron chi connectivity index (χ3n) is 4.26. The molecule has 6 unspecified atom stereocenters. The number of carbonyl (C=O) groups is 4. The topological polar surface area (TPSA) is 237 Å². The van der Waals surface area contributed by atoms with E-state index in [0.717, 1.165) is 0 Å². The number of aliphatic hydroxyl groups excluding tert-OH is 3. The van der Waals surface area contributed by atoms with Gasteiger partial charge in [0, 0.05) is 0 Å². The van der Waals surface area contributed by atoms with E-state index in [-0.39, 0.29) is 6.42 Å². The number of rotatable bonds is 14. The molecule has 0 saturated heterocycles. The van der Waals surface area contributed by atoms with E-state index in [9.17, 15) is 34.5 Å². The van der Waals surface area contributed by atoms with Crippen LogP contribution in [-0.2, 0) is 19.2 Å². The van der Waals surface area contributed by atoms with Gasteiger partial charge in [0.1, 0.15) is 18.1 Å². The maximum atomic E-state index is 12.5. The number of aliphatic carboxylic acids is 1. The molecule has 0 heterocycles. The summed E-state index contributed by atoms with van der Waals surface area (Å²) in [6.45, 7) is 1.98. The SMILES string of the molecule is CC(O)C(N)C(=O)NC(CO)C(=O)NC(CCCCN)C(=O)NC(C(=O)O)C(C)O. The van der Waals surface area contributed by atoms with Crippen molar-refractivity contribution in [2.24, 2.45) is 11.5 Å². The second-order valence-electron chi connectivity index (χ2n) is 6.92. The first-order valence-electron chi connectivity index (χ1n) is 9.52. The molecule has 0 aromatic heterocycles. The fourth-order valence-electron chi connectivity index (χ4n) is 2.36. The molecule has 0 rings (SSSR count). The van der Waals surface area contributed by atoms with Crippen molar-refractivity contribution in [3.63, 3.8) is 0 Å². The van der Waals surface area contributed by atoms with E-state index in [1.54, 1.807) is 0 Å². The van der Waals surface area contributed by atoms with E-state index in [0.29, 0.717) is 19.4 Å². The molecule has 0 spiro atoms. The summed E-state index contributed by atoms with van der Waals surface area (Å²) in [6.07, 6.45) is -1.54. The Labute approximate surface area is 174 Å². The largest absolute Gasteiger partial charge is 0.480 e. The van der Waals surface area contributed by atoms with Crippen LogP contribution in [0.3, 0.4) is 0 Å². The highest BCUT2D eigenvalue weighted by Crippen LogP contribution is 2.04. The van der Waals surface area contributed by atoms with Crippen molar-refractivity contribution in [2.75, 3.05) is 13.2 Å². The fourth-order valence-corrected chi connectivity index (χ4v) is 2.36. The molecule has 13 heteroatoms. The van der Waals surface area contributed by atoms with Gasteiger partial charge in [0.2, 0.25) is 17.7 Å². The van der Waals surface area contributed by atoms with Gasteiger partial charge in [-0.05, 0) is 39.7 Å². The highest BCUT2D eigenvalue weighted by Gasteiger charge is 2.31. The first kappa shape index (κ1) is 27.7. The van der Waals surface area contributed by atoms with Crippen LogP contribution < -0.4 is 27.4 Å². The number of amides is 3. The van der Waals surface area contributed by atoms with Gasteiger partial charge in [-0.25, -0.2) is 4.79 Å². The zero-order valence-corrected chi connectivity index (χ0v) is 17.1. The van der Waals surface area contributed by atoms with Crippen LogP contribution in [0.4, 0.5) is 0 Å². The number of nitrogens with one attached hydrogen (secondary N) is 3. The van der Waals surface area contributed by atoms with Gasteiger partial charge in [0.25, 0.3) is 0 Å². The van der Waals surface area contributed by atoms with Crippen molar-refractivity contribution >= 4 is 23.7 Å². The lowest BCUT2D eigenvalue weighted by Gasteiger charge is -2.25. The lowest BCUT2D eigenvalue weighted by atomic mass is 10.1. The van der Waals surface area contributed by atoms with Crippen LogP contribution in [0.5, 0.6) is 0 Å². The summed E-state index contributed by atoms with van der Waals surface area (Å²) in [4.78, 5) is 48.0. The monoisotopic (exact) mass is 435 g/mol. The Bertz CT molecular complexity index is 586. The smallest absolute Gasteiger partial charge is 0.328 e. The normalized spacial score (nSPS) is 17.0. The molecule has 6 atom stereocenters. The number of carboxylic acids is 1. The summed E-state index contributed by atoms with van der Waals surface area (Å²) in [5.41, 5.74) is 10.9. The molecule has 30 heavy (non-hydrogen) atoms. The Balaban J connectivity index is 5.27. The lowest BCUT2D eigenvalue weighted by Crippen LogP contribution is -2.59. The number of unbranched alkanes of at least 4 members (excludes halogenated alkanes) is 1. The molecule has 0 aliphatic carbocycles. The van der Waals surface area contributed by atoms with Gasteiger partial charge in [-0.2, -0.15) is 0 Å². The Kier molecular flexibility index (Phi) is 12.8. The van der Waals surface area contributed by atoms with E-state index >= 15 is 0 Å². The van der Waals surface area contributed by atoms with Crippen molar-refractivity contribution in [3.8, 4) is 0 Å². The molecule has 0 aliphatic heterocycles. The Morgan fingerprint density at radius 1 is 0.867 bits per heavy atom. The summed E-state index contributed by atoms with van der Waals surface area (Å²) in [5.74, 6) is -4.13. The van der Waals surface area contributed by atoms with E-state index in [2.05, 4.69) is 16.0 Å². The van der Waals surface area contributed by atoms with Crippen molar-refractivity contribution in [3.05, 3.63) is 0 Å². The van der Waals surface area contributed by atoms with E-state index in [1.165, 1.54) is 13.8 Å². The van der Waals surface area contributed by atoms with Gasteiger partial charge < -0.3 is 47.8 Å². The maximum Gasteiger partial charge on any atom is 0.328 e. The standard InChI is InChI=1S/C17H33N5O8/c1-8(24)12(19)16(28)21-11(7-23)15(27)20-10(5-3-4-6-18)14(26)22-13(9(2)25)17(29)30/h8-13,23-25H,3-7,18-19H2,1-2H3,(H,20,27)(H,21,28)(H,22,26)(H,29,30). The second kappa shape index (κ2) is 13.8. The summed E-state index contributed by atoms with van der Waals surface area (Å²) >= 11 is 0. The predicted octanol–water partition coefficient (Wildman–Crippen LogP) is -4.26. The molecule has 0 aromatic rings. The van der Waals surface area contributed by atoms with Crippen LogP contribution in [0.2, 0.25) is 0 Å². The Morgan fingerprint density at radius 2 is 1.40 bits per heavy atom. The minimum Gasteiger partial charge on any atom is -0.480 e. The minimum absolute atomic E-state index is 0.0974. The van der Waals surface area contributed by atoms with Crippen LogP contribution in [-0.4, -0.2) is 93.6 Å². The van der Waals surface area contributed by atoms with Gasteiger partial charge in [0.05, 0.1) is 18.8 Å². The van der Waals surface area contributed by atoms with E-state index in [4.69, 9.17) is 16.6 Å². The molecule has 0 aliphatic rings. The molecule has 174 valence electrons. The number of nitrogens with two attached hydrogens (primary N) is 2. The average molecular weight is 435 g/mol. The summed E-state index contributed by atoms with van der Waals surface area (Å²) in [6, 6.07) is -5.60. The number of hydrogen-bond acceptors (Lipinski definition) is 9. The molecule has 0 aromatic carbocycles. The average Bonchev–Trinajstić information content (AvgIpc) is 2.67. The quantitative estimate of drug-likeness (QED) is 0.119. The molecule has 0 bridgehead atoms. The fraction of sp³-hybridized carbons (Fsp3) is 0.765. The van der Waals surface area contributed by atoms with Crippen LogP contribution in [0.15, 0.2) is 0 Å². The minimum atomic E-state index is -1.59. The van der Waals surface area contributed by atoms with Crippen molar-refractivity contribution in [1.29, 1.82) is 0 Å². The molecule has 11 N–H and O–H groups in total. The molecule has 0 radical (unpaired) electrons. The third-order valence-corrected chi connectivity index (χ3v) is 4.26. The van der Waals surface area contributed by atoms with Crippen LogP contribution in [0.1, 0.15) is 33.1 Å². The number of hydrogen-bond donors (Lipinski definition) is 9. The first-order valence-corrected chi connectivity index (χ1v) is 9.52. The third kappa shape index (κ3) is 9.45. The number of aliphatic hydroxyl groups is 3. The zero-order valence-electron chi connectivity index (χ0n) is 17.1. The number of carbonyl (C=O) groups excluding carboxylic acids is 3. The highest BCUT2D eigenvalue weighted by atomic mass is 16.4. The van der Waals surface area contributed by atoms with Crippen LogP contribution >= 0.6 is 0 Å². The van der Waals surface area contributed by atoms with Crippen LogP contribution in [0.25, 0.3) is 0 Å². The zero-order chi connectivity index (χ0) is 23.4. The molecular weight excluding hydrogens is 402 g/mol. The van der Waals surface area contributed by atoms with Gasteiger partial charge in [0.15, 0.2) is 6.04 Å². The van der Waals surface area contributed by atoms with Crippen molar-refractivity contribution < 1.29 is 39.6 Å². The van der Waals surface area contributed by atoms with Crippen molar-refractivity contribution in [1.82, 2.24) is 16.0 Å². The molecule has 0 saturated carbocycles. The predicted molar refractivity (Wildman–Crippen MR) is 105 cm³/mol. The van der Waals surface area contributed by atoms with Crippen LogP contribution in [0, 0.1) is 0 Å². The number of carboxylic acid groups (broad SMARTS) is 1. The molecule has 3 amide bonds. The summed E-state index contributed by atoms with van der Waals surface area (Å²) in [7, 11) is 0. The van der Waals surface area contributed by atoms with E-state index in [1.807, 2.05) is 0 Å². The molecule has 13 nitrogen and oxygen atoms in total. The van der Waals surface area contributed by atoms with Crippen molar-refractivity contribution in [2.45, 2.75) is 69.5 Å². The van der Waals surface area contributed by atoms with Gasteiger partial charge in [-0.15, -0.1) is 0 Å². The Hall–Kier alpha value is -2.32. The maximum absolute atomic E-state index is 12.5. The molecule has 0 fully saturated rings. The van der Waals surface area contributed by atoms with Gasteiger partial charge in [-0.1, -0.05) is 0 Å². The highest BCUT2D eigenvalue weighted by molar-refractivity contribution is 5.94. The first-order chi connectivity index (χ1) is 14.0. The Morgan fingerprint density at radius 3 is 1.83 bits per heavy atom. The second-order valence-corrected chi connectivity index (χ2v) is 6.92.